The molecule has 1 aromatic heterocycles. The van der Waals surface area contributed by atoms with Crippen molar-refractivity contribution in [3.63, 3.8) is 0 Å². The highest BCUT2D eigenvalue weighted by atomic mass is 16.6. The van der Waals surface area contributed by atoms with E-state index in [1.54, 1.807) is 18.4 Å². The SMILES string of the molecule is OC(CNCC1COCCO1)c1ccco1. The van der Waals surface area contributed by atoms with E-state index in [-0.39, 0.29) is 6.10 Å². The Kier molecular flexibility index (Phi) is 4.35. The second-order valence-corrected chi connectivity index (χ2v) is 3.76. The molecule has 0 aliphatic carbocycles. The first-order chi connectivity index (χ1) is 7.86. The van der Waals surface area contributed by atoms with Crippen LogP contribution in [0.3, 0.4) is 0 Å². The van der Waals surface area contributed by atoms with Gasteiger partial charge in [-0.25, -0.2) is 0 Å². The molecule has 0 spiro atoms. The van der Waals surface area contributed by atoms with Crippen LogP contribution >= 0.6 is 0 Å². The number of hydrogen-bond donors (Lipinski definition) is 2. The lowest BCUT2D eigenvalue weighted by molar-refractivity contribution is -0.0868. The quantitative estimate of drug-likeness (QED) is 0.758. The maximum absolute atomic E-state index is 9.71. The van der Waals surface area contributed by atoms with Gasteiger partial charge in [0.2, 0.25) is 0 Å². The summed E-state index contributed by atoms with van der Waals surface area (Å²) in [5.41, 5.74) is 0. The average Bonchev–Trinajstić information content (AvgIpc) is 2.84. The van der Waals surface area contributed by atoms with Crippen molar-refractivity contribution in [1.82, 2.24) is 5.32 Å². The molecule has 0 aromatic carbocycles. The van der Waals surface area contributed by atoms with Gasteiger partial charge in [-0.1, -0.05) is 0 Å². The van der Waals surface area contributed by atoms with Gasteiger partial charge in [0.05, 0.1) is 32.2 Å². The number of ether oxygens (including phenoxy) is 2. The Hall–Kier alpha value is -0.880. The van der Waals surface area contributed by atoms with Crippen molar-refractivity contribution in [1.29, 1.82) is 0 Å². The monoisotopic (exact) mass is 227 g/mol. The molecule has 90 valence electrons. The molecule has 2 N–H and O–H groups in total. The summed E-state index contributed by atoms with van der Waals surface area (Å²) in [6, 6.07) is 3.52. The van der Waals surface area contributed by atoms with Gasteiger partial charge in [0, 0.05) is 13.1 Å². The Morgan fingerprint density at radius 3 is 3.12 bits per heavy atom. The van der Waals surface area contributed by atoms with E-state index >= 15 is 0 Å². The van der Waals surface area contributed by atoms with Crippen LogP contribution in [0, 0.1) is 0 Å². The maximum atomic E-state index is 9.71. The molecule has 2 atom stereocenters. The molecule has 5 heteroatoms. The Bertz CT molecular complexity index is 282. The lowest BCUT2D eigenvalue weighted by Gasteiger charge is -2.23. The van der Waals surface area contributed by atoms with Gasteiger partial charge in [-0.15, -0.1) is 0 Å². The number of nitrogens with one attached hydrogen (secondary N) is 1. The molecule has 0 saturated carbocycles. The minimum atomic E-state index is -0.612. The second-order valence-electron chi connectivity index (χ2n) is 3.76. The largest absolute Gasteiger partial charge is 0.467 e. The molecule has 0 amide bonds. The van der Waals surface area contributed by atoms with Crippen LogP contribution in [0.5, 0.6) is 0 Å². The van der Waals surface area contributed by atoms with Crippen LogP contribution in [0.2, 0.25) is 0 Å². The summed E-state index contributed by atoms with van der Waals surface area (Å²) in [4.78, 5) is 0. The van der Waals surface area contributed by atoms with E-state index in [4.69, 9.17) is 13.9 Å². The van der Waals surface area contributed by atoms with Crippen molar-refractivity contribution in [2.45, 2.75) is 12.2 Å². The summed E-state index contributed by atoms with van der Waals surface area (Å²) in [6.45, 7) is 3.06. The van der Waals surface area contributed by atoms with E-state index in [1.807, 2.05) is 0 Å². The van der Waals surface area contributed by atoms with E-state index < -0.39 is 6.10 Å². The molecule has 1 aromatic rings. The molecule has 2 rings (SSSR count). The normalized spacial score (nSPS) is 23.2. The number of furan rings is 1. The summed E-state index contributed by atoms with van der Waals surface area (Å²) in [7, 11) is 0. The van der Waals surface area contributed by atoms with Gasteiger partial charge in [0.1, 0.15) is 11.9 Å². The zero-order valence-electron chi connectivity index (χ0n) is 9.09. The number of aliphatic hydroxyl groups excluding tert-OH is 1. The maximum Gasteiger partial charge on any atom is 0.133 e. The predicted molar refractivity (Wildman–Crippen MR) is 57.1 cm³/mol. The van der Waals surface area contributed by atoms with Crippen molar-refractivity contribution >= 4 is 0 Å². The minimum absolute atomic E-state index is 0.0811. The average molecular weight is 227 g/mol. The molecule has 1 saturated heterocycles. The third-order valence-corrected chi connectivity index (χ3v) is 2.47. The van der Waals surface area contributed by atoms with Gasteiger partial charge in [-0.2, -0.15) is 0 Å². The molecule has 5 nitrogen and oxygen atoms in total. The van der Waals surface area contributed by atoms with Crippen molar-refractivity contribution in [2.24, 2.45) is 0 Å². The Morgan fingerprint density at radius 1 is 1.50 bits per heavy atom. The van der Waals surface area contributed by atoms with Crippen molar-refractivity contribution < 1.29 is 19.0 Å². The van der Waals surface area contributed by atoms with Crippen LogP contribution in [-0.2, 0) is 9.47 Å². The number of aliphatic hydroxyl groups is 1. The zero-order valence-corrected chi connectivity index (χ0v) is 9.09. The predicted octanol–water partition coefficient (Wildman–Crippen LogP) is 0.318. The standard InChI is InChI=1S/C11H17NO4/c13-10(11-2-1-3-16-11)7-12-6-9-8-14-4-5-15-9/h1-3,9-10,12-13H,4-8H2. The number of hydrogen-bond acceptors (Lipinski definition) is 5. The second kappa shape index (κ2) is 6.00. The van der Waals surface area contributed by atoms with Gasteiger partial charge in [-0.3, -0.25) is 0 Å². The van der Waals surface area contributed by atoms with Crippen molar-refractivity contribution in [2.75, 3.05) is 32.9 Å². The van der Waals surface area contributed by atoms with Crippen LogP contribution in [0.25, 0.3) is 0 Å². The van der Waals surface area contributed by atoms with Crippen LogP contribution in [-0.4, -0.2) is 44.1 Å². The molecule has 1 fully saturated rings. The summed E-state index contributed by atoms with van der Waals surface area (Å²) in [5, 5.41) is 12.8. The molecular formula is C11H17NO4. The number of rotatable bonds is 5. The van der Waals surface area contributed by atoms with E-state index in [2.05, 4.69) is 5.32 Å². The third-order valence-electron chi connectivity index (χ3n) is 2.47. The highest BCUT2D eigenvalue weighted by Gasteiger charge is 2.15. The molecule has 1 aliphatic rings. The highest BCUT2D eigenvalue weighted by molar-refractivity contribution is 5.02. The summed E-state index contributed by atoms with van der Waals surface area (Å²) >= 11 is 0. The summed E-state index contributed by atoms with van der Waals surface area (Å²) in [5.74, 6) is 0.577. The lowest BCUT2D eigenvalue weighted by Crippen LogP contribution is -2.38. The Balaban J connectivity index is 1.63. The Morgan fingerprint density at radius 2 is 2.44 bits per heavy atom. The van der Waals surface area contributed by atoms with Gasteiger partial charge in [-0.05, 0) is 12.1 Å². The molecule has 0 bridgehead atoms. The van der Waals surface area contributed by atoms with E-state index in [9.17, 15) is 5.11 Å². The highest BCUT2D eigenvalue weighted by Crippen LogP contribution is 2.11. The van der Waals surface area contributed by atoms with Crippen molar-refractivity contribution in [3.05, 3.63) is 24.2 Å². The van der Waals surface area contributed by atoms with Gasteiger partial charge >= 0.3 is 0 Å². The van der Waals surface area contributed by atoms with Crippen LogP contribution in [0.4, 0.5) is 0 Å². The van der Waals surface area contributed by atoms with Crippen LogP contribution in [0.15, 0.2) is 22.8 Å². The molecule has 0 radical (unpaired) electrons. The minimum Gasteiger partial charge on any atom is -0.467 e. The van der Waals surface area contributed by atoms with E-state index in [0.717, 1.165) is 0 Å². The summed E-state index contributed by atoms with van der Waals surface area (Å²) < 4.78 is 15.8. The molecule has 1 aliphatic heterocycles. The lowest BCUT2D eigenvalue weighted by atomic mass is 10.2. The van der Waals surface area contributed by atoms with Gasteiger partial charge < -0.3 is 24.3 Å². The fraction of sp³-hybridized carbons (Fsp3) is 0.636. The van der Waals surface area contributed by atoms with Crippen molar-refractivity contribution in [3.8, 4) is 0 Å². The van der Waals surface area contributed by atoms with E-state index in [1.165, 1.54) is 0 Å². The first-order valence-corrected chi connectivity index (χ1v) is 5.48. The molecular weight excluding hydrogens is 210 g/mol. The van der Waals surface area contributed by atoms with E-state index in [0.29, 0.717) is 38.7 Å². The van der Waals surface area contributed by atoms with Gasteiger partial charge in [0.15, 0.2) is 0 Å². The zero-order chi connectivity index (χ0) is 11.2. The molecule has 2 heterocycles. The Labute approximate surface area is 94.3 Å². The smallest absolute Gasteiger partial charge is 0.133 e. The third kappa shape index (κ3) is 3.31. The first-order valence-electron chi connectivity index (χ1n) is 5.48. The molecule has 2 unspecified atom stereocenters. The topological polar surface area (TPSA) is 63.9 Å². The first kappa shape index (κ1) is 11.6. The fourth-order valence-corrected chi connectivity index (χ4v) is 1.62. The fourth-order valence-electron chi connectivity index (χ4n) is 1.62. The van der Waals surface area contributed by atoms with Gasteiger partial charge in [0.25, 0.3) is 0 Å². The van der Waals surface area contributed by atoms with Crippen LogP contribution < -0.4 is 5.32 Å². The van der Waals surface area contributed by atoms with Crippen LogP contribution in [0.1, 0.15) is 11.9 Å². The summed E-state index contributed by atoms with van der Waals surface area (Å²) in [6.07, 6.45) is 1.02. The molecule has 16 heavy (non-hydrogen) atoms.